The molecule has 0 aromatic heterocycles. The van der Waals surface area contributed by atoms with Gasteiger partial charge in [0.1, 0.15) is 23.3 Å². The summed E-state index contributed by atoms with van der Waals surface area (Å²) in [5.41, 5.74) is -1.41. The van der Waals surface area contributed by atoms with Crippen LogP contribution in [-0.4, -0.2) is 89.1 Å². The van der Waals surface area contributed by atoms with E-state index in [1.54, 1.807) is 0 Å². The Morgan fingerprint density at radius 2 is 0.926 bits per heavy atom. The molecule has 6 aliphatic rings. The molecule has 16 heteroatoms. The van der Waals surface area contributed by atoms with E-state index in [1.807, 2.05) is 0 Å². The van der Waals surface area contributed by atoms with Gasteiger partial charge in [-0.1, -0.05) is 0 Å². The van der Waals surface area contributed by atoms with Gasteiger partial charge >= 0.3 is 11.9 Å². The molecule has 4 spiro atoms. The fraction of sp³-hybridized carbons (Fsp3) is 0.579. The first-order valence-electron chi connectivity index (χ1n) is 18.0. The zero-order valence-corrected chi connectivity index (χ0v) is 30.0. The Labute approximate surface area is 308 Å². The van der Waals surface area contributed by atoms with Crippen LogP contribution in [0.1, 0.15) is 51.4 Å². The fourth-order valence-corrected chi connectivity index (χ4v) is 9.49. The van der Waals surface area contributed by atoms with Crippen LogP contribution in [0.4, 0.5) is 28.9 Å². The molecule has 4 aliphatic heterocycles. The SMILES string of the molecule is COC(=O)[C@@H]1CC2(C[C@@]3(CCN(c4cc(F)cc(F)c4)C3=O)C1)OCCO2.COC(=O)[C@@H]1CC2(C[C@]3(CCN(c4cc(F)cc(F)c4)C3=O)C1)OCCO2. The Bertz CT molecular complexity index is 1650. The molecule has 54 heavy (non-hydrogen) atoms. The third-order valence-corrected chi connectivity index (χ3v) is 11.6. The largest absolute Gasteiger partial charge is 0.469 e. The lowest BCUT2D eigenvalue weighted by molar-refractivity contribution is -0.216. The van der Waals surface area contributed by atoms with Gasteiger partial charge in [0.25, 0.3) is 0 Å². The van der Waals surface area contributed by atoms with Crippen molar-refractivity contribution in [2.24, 2.45) is 22.7 Å². The van der Waals surface area contributed by atoms with E-state index in [2.05, 4.69) is 0 Å². The molecule has 4 heterocycles. The summed E-state index contributed by atoms with van der Waals surface area (Å²) in [5, 5.41) is 0. The van der Waals surface area contributed by atoms with Crippen molar-refractivity contribution in [2.45, 2.75) is 62.9 Å². The lowest BCUT2D eigenvalue weighted by Crippen LogP contribution is -2.51. The van der Waals surface area contributed by atoms with E-state index >= 15 is 0 Å². The lowest BCUT2D eigenvalue weighted by atomic mass is 9.66. The van der Waals surface area contributed by atoms with Crippen molar-refractivity contribution in [3.8, 4) is 0 Å². The van der Waals surface area contributed by atoms with Gasteiger partial charge < -0.3 is 38.2 Å². The monoisotopic (exact) mass is 762 g/mol. The molecular weight excluding hydrogens is 720 g/mol. The highest BCUT2D eigenvalue weighted by atomic mass is 19.1. The summed E-state index contributed by atoms with van der Waals surface area (Å²) in [6.45, 7) is 2.22. The number of halogens is 4. The van der Waals surface area contributed by atoms with Crippen molar-refractivity contribution in [1.82, 2.24) is 0 Å². The molecule has 4 atom stereocenters. The van der Waals surface area contributed by atoms with Gasteiger partial charge in [0, 0.05) is 62.3 Å². The second kappa shape index (κ2) is 14.5. The average Bonchev–Trinajstić information content (AvgIpc) is 3.91. The summed E-state index contributed by atoms with van der Waals surface area (Å²) in [6, 6.07) is 6.08. The Hall–Kier alpha value is -4.12. The molecule has 0 bridgehead atoms. The number of carbonyl (C=O) groups excluding carboxylic acids is 4. The number of amides is 2. The quantitative estimate of drug-likeness (QED) is 0.316. The molecule has 2 aromatic carbocycles. The third kappa shape index (κ3) is 7.08. The van der Waals surface area contributed by atoms with Crippen molar-refractivity contribution in [1.29, 1.82) is 0 Å². The normalized spacial score (nSPS) is 29.7. The minimum Gasteiger partial charge on any atom is -0.469 e. The molecular formula is C38H42F4N2O10. The van der Waals surface area contributed by atoms with E-state index in [-0.39, 0.29) is 23.2 Å². The number of esters is 2. The zero-order chi connectivity index (χ0) is 38.5. The summed E-state index contributed by atoms with van der Waals surface area (Å²) in [7, 11) is 2.62. The number of anilines is 2. The first kappa shape index (κ1) is 38.2. The van der Waals surface area contributed by atoms with Crippen LogP contribution < -0.4 is 9.80 Å². The zero-order valence-electron chi connectivity index (χ0n) is 30.0. The van der Waals surface area contributed by atoms with Gasteiger partial charge in [-0.2, -0.15) is 0 Å². The third-order valence-electron chi connectivity index (χ3n) is 11.6. The predicted molar refractivity (Wildman–Crippen MR) is 180 cm³/mol. The van der Waals surface area contributed by atoms with Crippen molar-refractivity contribution in [3.05, 3.63) is 59.7 Å². The van der Waals surface area contributed by atoms with E-state index in [0.29, 0.717) is 90.9 Å². The Morgan fingerprint density at radius 3 is 1.24 bits per heavy atom. The molecule has 8 rings (SSSR count). The molecule has 2 saturated carbocycles. The highest BCUT2D eigenvalue weighted by Crippen LogP contribution is 2.55. The molecule has 4 saturated heterocycles. The van der Waals surface area contributed by atoms with Gasteiger partial charge in [0.15, 0.2) is 11.6 Å². The van der Waals surface area contributed by atoms with E-state index in [9.17, 15) is 36.7 Å². The minimum absolute atomic E-state index is 0.178. The Balaban J connectivity index is 0.000000167. The van der Waals surface area contributed by atoms with Crippen LogP contribution >= 0.6 is 0 Å². The molecule has 2 amide bonds. The minimum atomic E-state index is -0.990. The maximum absolute atomic E-state index is 13.6. The van der Waals surface area contributed by atoms with Crippen molar-refractivity contribution in [2.75, 3.05) is 63.5 Å². The van der Waals surface area contributed by atoms with Crippen molar-refractivity contribution < 1.29 is 65.2 Å². The molecule has 2 aliphatic carbocycles. The highest BCUT2D eigenvalue weighted by Gasteiger charge is 2.61. The first-order valence-corrected chi connectivity index (χ1v) is 18.0. The van der Waals surface area contributed by atoms with Crippen LogP contribution in [0.5, 0.6) is 0 Å². The van der Waals surface area contributed by atoms with Crippen LogP contribution in [0.3, 0.4) is 0 Å². The van der Waals surface area contributed by atoms with E-state index in [1.165, 1.54) is 24.0 Å². The van der Waals surface area contributed by atoms with Gasteiger partial charge in [0.2, 0.25) is 11.8 Å². The van der Waals surface area contributed by atoms with Crippen LogP contribution in [-0.2, 0) is 47.6 Å². The molecule has 0 radical (unpaired) electrons. The number of benzene rings is 2. The maximum Gasteiger partial charge on any atom is 0.308 e. The van der Waals surface area contributed by atoms with Crippen LogP contribution in [0, 0.1) is 45.9 Å². The smallest absolute Gasteiger partial charge is 0.308 e. The van der Waals surface area contributed by atoms with Crippen LogP contribution in [0.15, 0.2) is 36.4 Å². The fourth-order valence-electron chi connectivity index (χ4n) is 9.49. The molecule has 0 unspecified atom stereocenters. The molecule has 6 fully saturated rings. The highest BCUT2D eigenvalue weighted by molar-refractivity contribution is 6.01. The molecule has 292 valence electrons. The number of hydrogen-bond acceptors (Lipinski definition) is 10. The van der Waals surface area contributed by atoms with Gasteiger partial charge in [-0.25, -0.2) is 17.6 Å². The average molecular weight is 763 g/mol. The number of methoxy groups -OCH3 is 2. The summed E-state index contributed by atoms with van der Waals surface area (Å²) in [6.07, 6.45) is 2.83. The molecule has 12 nitrogen and oxygen atoms in total. The van der Waals surface area contributed by atoms with E-state index < -0.39 is 69.4 Å². The van der Waals surface area contributed by atoms with Crippen molar-refractivity contribution in [3.63, 3.8) is 0 Å². The van der Waals surface area contributed by atoms with E-state index in [4.69, 9.17) is 28.4 Å². The summed E-state index contributed by atoms with van der Waals surface area (Å²) in [4.78, 5) is 53.9. The van der Waals surface area contributed by atoms with Crippen LogP contribution in [0.2, 0.25) is 0 Å². The summed E-state index contributed by atoms with van der Waals surface area (Å²) < 4.78 is 87.5. The molecule has 2 aromatic rings. The van der Waals surface area contributed by atoms with Gasteiger partial charge in [0.05, 0.1) is 63.3 Å². The van der Waals surface area contributed by atoms with Gasteiger partial charge in [-0.3, -0.25) is 19.2 Å². The Morgan fingerprint density at radius 1 is 0.593 bits per heavy atom. The molecule has 0 N–H and O–H groups in total. The Kier molecular flexibility index (Phi) is 10.3. The number of hydrogen-bond donors (Lipinski definition) is 0. The van der Waals surface area contributed by atoms with Crippen molar-refractivity contribution >= 4 is 35.1 Å². The lowest BCUT2D eigenvalue weighted by Gasteiger charge is -2.44. The maximum atomic E-state index is 13.6. The first-order chi connectivity index (χ1) is 25.7. The number of nitrogens with zero attached hydrogens (tertiary/aromatic N) is 2. The van der Waals surface area contributed by atoms with Crippen LogP contribution in [0.25, 0.3) is 0 Å². The number of ether oxygens (including phenoxy) is 6. The second-order valence-corrected chi connectivity index (χ2v) is 15.1. The summed E-state index contributed by atoms with van der Waals surface area (Å²) in [5.74, 6) is -7.35. The summed E-state index contributed by atoms with van der Waals surface area (Å²) >= 11 is 0. The second-order valence-electron chi connectivity index (χ2n) is 15.1. The number of rotatable bonds is 4. The topological polar surface area (TPSA) is 130 Å². The van der Waals surface area contributed by atoms with Gasteiger partial charge in [-0.15, -0.1) is 0 Å². The standard InChI is InChI=1S/2C19H21F2NO5/c2*1-25-16(23)12-9-18(11-19(10-12)26-4-5-27-19)2-3-22(17(18)24)15-7-13(20)6-14(21)8-15/h2*6-8,12H,2-5,9-11H2,1H3/t12-,18+;12-,18-/m00/s1. The van der Waals surface area contributed by atoms with Gasteiger partial charge in [-0.05, 0) is 49.9 Å². The number of carbonyl (C=O) groups is 4. The van der Waals surface area contributed by atoms with E-state index in [0.717, 1.165) is 36.4 Å². The predicted octanol–water partition coefficient (Wildman–Crippen LogP) is 4.81.